The molecule has 2 atom stereocenters. The molecule has 0 fully saturated rings. The number of esters is 2. The van der Waals surface area contributed by atoms with E-state index in [2.05, 4.69) is 135 Å². The lowest BCUT2D eigenvalue weighted by molar-refractivity contribution is -0.887. The van der Waals surface area contributed by atoms with Crippen LogP contribution in [-0.4, -0.2) is 80.6 Å². The maximum atomic E-state index is 12.8. The van der Waals surface area contributed by atoms with E-state index in [4.69, 9.17) is 14.2 Å². The quantitative estimate of drug-likeness (QED) is 0.0281. The van der Waals surface area contributed by atoms with E-state index in [1.54, 1.807) is 0 Å². The highest BCUT2D eigenvalue weighted by Gasteiger charge is 2.31. The normalized spacial score (nSPS) is 13.9. The SMILES string of the molecule is CC/C=C/C/C=C/C/C=C/C/C=C/C/C=C/C/C=C/CCCCCCC(=O)OC(COCCC(C(=O)O)[N+](C)(C)C)COC(=O)CCCCCCCCC/C=C/C/C=C/C/C=C/C/C=C/CC. The summed E-state index contributed by atoms with van der Waals surface area (Å²) in [6, 6.07) is -0.630. The van der Waals surface area contributed by atoms with Crippen molar-refractivity contribution in [1.82, 2.24) is 0 Å². The highest BCUT2D eigenvalue weighted by atomic mass is 16.6. The molecule has 0 rings (SSSR count). The molecule has 378 valence electrons. The van der Waals surface area contributed by atoms with Gasteiger partial charge in [0.25, 0.3) is 0 Å². The number of hydrogen-bond acceptors (Lipinski definition) is 6. The van der Waals surface area contributed by atoms with Crippen molar-refractivity contribution in [2.75, 3.05) is 41.0 Å². The zero-order valence-corrected chi connectivity index (χ0v) is 43.1. The number of quaternary nitrogens is 1. The van der Waals surface area contributed by atoms with Crippen molar-refractivity contribution in [1.29, 1.82) is 0 Å². The summed E-state index contributed by atoms with van der Waals surface area (Å²) in [7, 11) is 5.51. The first kappa shape index (κ1) is 62.7. The summed E-state index contributed by atoms with van der Waals surface area (Å²) in [5, 5.41) is 9.66. The molecule has 0 aromatic carbocycles. The third kappa shape index (κ3) is 46.6. The standard InChI is InChI=1S/C59H95NO7/c1-6-8-10-12-14-16-18-20-22-24-26-28-29-30-32-34-36-38-40-42-44-46-48-50-58(62)67-55(53-65-52-51-56(59(63)64)60(3,4)5)54-66-57(61)49-47-45-43-41-39-37-35-33-31-27-25-23-21-19-17-15-13-11-9-7-2/h8-11,14-17,20-23,26-28,30-32,36,38,55-56H,6-7,12-13,18-19,24-25,29,33-35,37,39-54H2,1-5H3/p+1/b10-8+,11-9+,16-14+,17-15+,22-20+,23-21+,28-26+,31-27+,32-30+,38-36+. The minimum atomic E-state index is -0.886. The van der Waals surface area contributed by atoms with E-state index in [9.17, 15) is 19.5 Å². The number of hydrogen-bond donors (Lipinski definition) is 1. The highest BCUT2D eigenvalue weighted by Crippen LogP contribution is 2.13. The van der Waals surface area contributed by atoms with Crippen LogP contribution in [0.25, 0.3) is 0 Å². The van der Waals surface area contributed by atoms with Crippen LogP contribution in [0.15, 0.2) is 122 Å². The summed E-state index contributed by atoms with van der Waals surface area (Å²) in [4.78, 5) is 37.2. The van der Waals surface area contributed by atoms with Crippen molar-refractivity contribution in [3.63, 3.8) is 0 Å². The second-order valence-electron chi connectivity index (χ2n) is 18.0. The number of nitrogens with zero attached hydrogens (tertiary/aromatic N) is 1. The monoisotopic (exact) mass is 931 g/mol. The smallest absolute Gasteiger partial charge is 0.362 e. The number of carboxylic acids is 1. The van der Waals surface area contributed by atoms with Crippen LogP contribution in [0, 0.1) is 0 Å². The van der Waals surface area contributed by atoms with Gasteiger partial charge in [0, 0.05) is 19.3 Å². The molecule has 0 saturated heterocycles. The minimum absolute atomic E-state index is 0.0384. The second kappa shape index (κ2) is 48.2. The van der Waals surface area contributed by atoms with Crippen LogP contribution < -0.4 is 0 Å². The highest BCUT2D eigenvalue weighted by molar-refractivity contribution is 5.72. The Morgan fingerprint density at radius 1 is 0.448 bits per heavy atom. The first-order valence-corrected chi connectivity index (χ1v) is 26.1. The fourth-order valence-electron chi connectivity index (χ4n) is 6.91. The molecule has 0 aromatic heterocycles. The van der Waals surface area contributed by atoms with Gasteiger partial charge in [0.15, 0.2) is 12.1 Å². The number of aliphatic carboxylic acids is 1. The second-order valence-corrected chi connectivity index (χ2v) is 18.0. The number of carbonyl (C=O) groups excluding carboxylic acids is 2. The largest absolute Gasteiger partial charge is 0.477 e. The fourth-order valence-corrected chi connectivity index (χ4v) is 6.91. The van der Waals surface area contributed by atoms with E-state index in [1.807, 2.05) is 21.1 Å². The number of ether oxygens (including phenoxy) is 3. The Labute approximate surface area is 410 Å². The van der Waals surface area contributed by atoms with E-state index < -0.39 is 18.1 Å². The minimum Gasteiger partial charge on any atom is -0.477 e. The van der Waals surface area contributed by atoms with Gasteiger partial charge in [-0.2, -0.15) is 0 Å². The third-order valence-corrected chi connectivity index (χ3v) is 10.9. The lowest BCUT2D eigenvalue weighted by Gasteiger charge is -2.31. The predicted molar refractivity (Wildman–Crippen MR) is 284 cm³/mol. The molecule has 0 aromatic rings. The Kier molecular flexibility index (Phi) is 45.1. The van der Waals surface area contributed by atoms with Crippen LogP contribution in [0.1, 0.15) is 181 Å². The van der Waals surface area contributed by atoms with Gasteiger partial charge in [0.1, 0.15) is 6.61 Å². The molecule has 0 heterocycles. The topological polar surface area (TPSA) is 99.1 Å². The Balaban J connectivity index is 4.35. The summed E-state index contributed by atoms with van der Waals surface area (Å²) in [6.45, 7) is 4.46. The van der Waals surface area contributed by atoms with Crippen LogP contribution in [0.4, 0.5) is 0 Å². The van der Waals surface area contributed by atoms with Crippen molar-refractivity contribution in [3.8, 4) is 0 Å². The molecule has 0 amide bonds. The van der Waals surface area contributed by atoms with Crippen LogP contribution in [0.2, 0.25) is 0 Å². The third-order valence-electron chi connectivity index (χ3n) is 10.9. The number of allylic oxidation sites excluding steroid dienone is 20. The van der Waals surface area contributed by atoms with Crippen LogP contribution in [0.3, 0.4) is 0 Å². The van der Waals surface area contributed by atoms with Crippen molar-refractivity contribution in [2.24, 2.45) is 0 Å². The number of carboxylic acid groups (broad SMARTS) is 1. The van der Waals surface area contributed by atoms with Crippen molar-refractivity contribution in [2.45, 2.75) is 193 Å². The zero-order chi connectivity index (χ0) is 49.2. The van der Waals surface area contributed by atoms with Gasteiger partial charge in [-0.1, -0.05) is 180 Å². The fraction of sp³-hybridized carbons (Fsp3) is 0.610. The van der Waals surface area contributed by atoms with Gasteiger partial charge >= 0.3 is 17.9 Å². The van der Waals surface area contributed by atoms with Gasteiger partial charge in [-0.05, 0) is 103 Å². The summed E-state index contributed by atoms with van der Waals surface area (Å²) in [5.41, 5.74) is 0. The van der Waals surface area contributed by atoms with E-state index in [-0.39, 0.29) is 42.7 Å². The molecular weight excluding hydrogens is 835 g/mol. The van der Waals surface area contributed by atoms with Gasteiger partial charge in [-0.15, -0.1) is 0 Å². The lowest BCUT2D eigenvalue weighted by Crippen LogP contribution is -2.50. The molecule has 0 aliphatic heterocycles. The Morgan fingerprint density at radius 3 is 1.16 bits per heavy atom. The molecule has 0 aliphatic carbocycles. The molecule has 0 aliphatic rings. The predicted octanol–water partition coefficient (Wildman–Crippen LogP) is 15.4. The van der Waals surface area contributed by atoms with Gasteiger partial charge in [0.2, 0.25) is 0 Å². The molecule has 8 heteroatoms. The Hall–Kier alpha value is -4.27. The van der Waals surface area contributed by atoms with E-state index >= 15 is 0 Å². The zero-order valence-electron chi connectivity index (χ0n) is 43.1. The van der Waals surface area contributed by atoms with Gasteiger partial charge in [0.05, 0.1) is 34.4 Å². The number of rotatable bonds is 45. The summed E-state index contributed by atoms with van der Waals surface area (Å²) in [5.74, 6) is -1.53. The number of likely N-dealkylation sites (N-methyl/N-ethyl adjacent to an activating group) is 1. The van der Waals surface area contributed by atoms with Crippen molar-refractivity contribution < 1.29 is 38.2 Å². The first-order chi connectivity index (χ1) is 32.6. The molecule has 2 unspecified atom stereocenters. The molecule has 67 heavy (non-hydrogen) atoms. The van der Waals surface area contributed by atoms with Crippen molar-refractivity contribution in [3.05, 3.63) is 122 Å². The molecule has 0 radical (unpaired) electrons. The van der Waals surface area contributed by atoms with E-state index in [1.165, 1.54) is 25.7 Å². The molecule has 8 nitrogen and oxygen atoms in total. The van der Waals surface area contributed by atoms with Gasteiger partial charge in [-0.25, -0.2) is 4.79 Å². The van der Waals surface area contributed by atoms with Crippen molar-refractivity contribution >= 4 is 17.9 Å². The van der Waals surface area contributed by atoms with Crippen LogP contribution >= 0.6 is 0 Å². The first-order valence-electron chi connectivity index (χ1n) is 26.1. The maximum absolute atomic E-state index is 12.8. The lowest BCUT2D eigenvalue weighted by atomic mass is 10.1. The Bertz CT molecular complexity index is 1500. The molecule has 0 spiro atoms. The molecule has 1 N–H and O–H groups in total. The van der Waals surface area contributed by atoms with Crippen LogP contribution in [0.5, 0.6) is 0 Å². The summed E-state index contributed by atoms with van der Waals surface area (Å²) in [6.07, 6.45) is 68.2. The number of carbonyl (C=O) groups is 3. The summed E-state index contributed by atoms with van der Waals surface area (Å²) >= 11 is 0. The Morgan fingerprint density at radius 2 is 0.791 bits per heavy atom. The molecular formula is C59H96NO7+. The van der Waals surface area contributed by atoms with Gasteiger partial charge < -0.3 is 23.8 Å². The average Bonchev–Trinajstić information content (AvgIpc) is 3.29. The molecule has 0 saturated carbocycles. The summed E-state index contributed by atoms with van der Waals surface area (Å²) < 4.78 is 17.3. The van der Waals surface area contributed by atoms with Gasteiger partial charge in [-0.3, -0.25) is 9.59 Å². The van der Waals surface area contributed by atoms with Crippen LogP contribution in [-0.2, 0) is 28.6 Å². The maximum Gasteiger partial charge on any atom is 0.362 e. The molecule has 0 bridgehead atoms. The van der Waals surface area contributed by atoms with E-state index in [0.29, 0.717) is 12.8 Å². The van der Waals surface area contributed by atoms with E-state index in [0.717, 1.165) is 122 Å². The number of unbranched alkanes of at least 4 members (excludes halogenated alkanes) is 11. The average molecular weight is 931 g/mol.